The topological polar surface area (TPSA) is 49.4 Å². The third-order valence-electron chi connectivity index (χ3n) is 4.86. The predicted molar refractivity (Wildman–Crippen MR) is 119 cm³/mol. The van der Waals surface area contributed by atoms with Gasteiger partial charge in [0.2, 0.25) is 11.8 Å². The maximum Gasteiger partial charge on any atom is 0.244 e. The van der Waals surface area contributed by atoms with Gasteiger partial charge in [-0.2, -0.15) is 0 Å². The SMILES string of the molecule is CC(C)(C)NC(=O)C1(c2ccccc2)SN(C(C)(C)C)C(=O)C1c1ccccc1. The van der Waals surface area contributed by atoms with Gasteiger partial charge in [0.25, 0.3) is 0 Å². The Labute approximate surface area is 178 Å². The van der Waals surface area contributed by atoms with Crippen molar-refractivity contribution in [2.75, 3.05) is 0 Å². The minimum absolute atomic E-state index is 0.0402. The van der Waals surface area contributed by atoms with Gasteiger partial charge in [-0.25, -0.2) is 0 Å². The molecule has 1 saturated heterocycles. The first-order valence-corrected chi connectivity index (χ1v) is 10.7. The fourth-order valence-corrected chi connectivity index (χ4v) is 5.14. The van der Waals surface area contributed by atoms with Crippen LogP contribution < -0.4 is 5.32 Å². The Morgan fingerprint density at radius 2 is 1.45 bits per heavy atom. The van der Waals surface area contributed by atoms with Crippen molar-refractivity contribution >= 4 is 23.8 Å². The molecule has 1 heterocycles. The van der Waals surface area contributed by atoms with Gasteiger partial charge in [-0.05, 0) is 64.6 Å². The van der Waals surface area contributed by atoms with E-state index in [1.54, 1.807) is 4.31 Å². The van der Waals surface area contributed by atoms with Crippen LogP contribution in [0.1, 0.15) is 58.6 Å². The fourth-order valence-electron chi connectivity index (χ4n) is 3.67. The number of hydrogen-bond donors (Lipinski definition) is 1. The van der Waals surface area contributed by atoms with Gasteiger partial charge in [-0.1, -0.05) is 60.7 Å². The van der Waals surface area contributed by atoms with Crippen LogP contribution in [-0.4, -0.2) is 27.2 Å². The maximum atomic E-state index is 13.9. The van der Waals surface area contributed by atoms with E-state index in [9.17, 15) is 9.59 Å². The van der Waals surface area contributed by atoms with Crippen molar-refractivity contribution in [1.82, 2.24) is 9.62 Å². The normalized spacial score (nSPS) is 22.6. The Kier molecular flexibility index (Phi) is 5.56. The van der Waals surface area contributed by atoms with E-state index >= 15 is 0 Å². The first-order chi connectivity index (χ1) is 13.5. The van der Waals surface area contributed by atoms with Gasteiger partial charge in [0.15, 0.2) is 4.75 Å². The molecule has 4 nitrogen and oxygen atoms in total. The number of rotatable bonds is 3. The van der Waals surface area contributed by atoms with E-state index in [0.29, 0.717) is 0 Å². The molecule has 2 aromatic rings. The van der Waals surface area contributed by atoms with Crippen LogP contribution in [0.3, 0.4) is 0 Å². The Balaban J connectivity index is 2.27. The van der Waals surface area contributed by atoms with Gasteiger partial charge in [-0.15, -0.1) is 0 Å². The predicted octanol–water partition coefficient (Wildman–Crippen LogP) is 4.87. The fraction of sp³-hybridized carbons (Fsp3) is 0.417. The number of amides is 2. The Morgan fingerprint density at radius 1 is 0.931 bits per heavy atom. The zero-order valence-corrected chi connectivity index (χ0v) is 18.8. The molecule has 0 bridgehead atoms. The summed E-state index contributed by atoms with van der Waals surface area (Å²) in [6.45, 7) is 11.9. The van der Waals surface area contributed by atoms with E-state index in [0.717, 1.165) is 11.1 Å². The first-order valence-electron chi connectivity index (χ1n) is 9.93. The van der Waals surface area contributed by atoms with E-state index in [1.165, 1.54) is 11.9 Å². The average molecular weight is 411 g/mol. The molecule has 0 spiro atoms. The molecular formula is C24H30N2O2S. The largest absolute Gasteiger partial charge is 0.350 e. The van der Waals surface area contributed by atoms with Crippen LogP contribution in [0.25, 0.3) is 0 Å². The minimum atomic E-state index is -1.08. The van der Waals surface area contributed by atoms with Gasteiger partial charge < -0.3 is 5.32 Å². The van der Waals surface area contributed by atoms with Gasteiger partial charge in [0.05, 0.1) is 5.92 Å². The summed E-state index contributed by atoms with van der Waals surface area (Å²) in [4.78, 5) is 27.6. The standard InChI is InChI=1S/C24H30N2O2S/c1-22(2,3)25-21(28)24(18-15-11-8-12-16-18)19(17-13-9-7-10-14-17)20(27)26(29-24)23(4,5)6/h7-16,19H,1-6H3,(H,25,28). The zero-order valence-electron chi connectivity index (χ0n) is 18.0. The molecule has 2 amide bonds. The van der Waals surface area contributed by atoms with Crippen molar-refractivity contribution in [3.8, 4) is 0 Å². The van der Waals surface area contributed by atoms with Crippen molar-refractivity contribution in [2.24, 2.45) is 0 Å². The molecule has 3 rings (SSSR count). The molecule has 0 aromatic heterocycles. The van der Waals surface area contributed by atoms with Crippen molar-refractivity contribution < 1.29 is 9.59 Å². The second kappa shape index (κ2) is 7.52. The molecule has 2 unspecified atom stereocenters. The Hall–Kier alpha value is -2.27. The van der Waals surface area contributed by atoms with E-state index in [2.05, 4.69) is 5.32 Å². The van der Waals surface area contributed by atoms with Gasteiger partial charge in [0, 0.05) is 11.1 Å². The van der Waals surface area contributed by atoms with Gasteiger partial charge >= 0.3 is 0 Å². The highest BCUT2D eigenvalue weighted by atomic mass is 32.2. The second-order valence-corrected chi connectivity index (χ2v) is 10.7. The quantitative estimate of drug-likeness (QED) is 0.735. The number of hydrogen-bond acceptors (Lipinski definition) is 3. The number of carbonyl (C=O) groups is 2. The van der Waals surface area contributed by atoms with E-state index in [1.807, 2.05) is 102 Å². The van der Waals surface area contributed by atoms with E-state index < -0.39 is 21.7 Å². The molecule has 2 aromatic carbocycles. The highest BCUT2D eigenvalue weighted by Gasteiger charge is 2.62. The average Bonchev–Trinajstić information content (AvgIpc) is 2.96. The van der Waals surface area contributed by atoms with E-state index in [-0.39, 0.29) is 11.8 Å². The van der Waals surface area contributed by atoms with Crippen LogP contribution >= 0.6 is 11.9 Å². The summed E-state index contributed by atoms with van der Waals surface area (Å²) in [6.07, 6.45) is 0. The molecule has 1 aliphatic heterocycles. The van der Waals surface area contributed by atoms with E-state index in [4.69, 9.17) is 0 Å². The molecule has 0 radical (unpaired) electrons. The number of nitrogens with zero attached hydrogens (tertiary/aromatic N) is 1. The Bertz CT molecular complexity index is 885. The van der Waals surface area contributed by atoms with Gasteiger partial charge in [0.1, 0.15) is 0 Å². The molecule has 1 fully saturated rings. The van der Waals surface area contributed by atoms with Crippen molar-refractivity contribution in [2.45, 2.75) is 63.3 Å². The summed E-state index contributed by atoms with van der Waals surface area (Å²) in [5, 5.41) is 3.15. The van der Waals surface area contributed by atoms with Crippen LogP contribution in [0.4, 0.5) is 0 Å². The highest BCUT2D eigenvalue weighted by Crippen LogP contribution is 2.58. The van der Waals surface area contributed by atoms with Crippen molar-refractivity contribution in [1.29, 1.82) is 0 Å². The summed E-state index contributed by atoms with van der Waals surface area (Å²) < 4.78 is 0.695. The van der Waals surface area contributed by atoms with Crippen molar-refractivity contribution in [3.63, 3.8) is 0 Å². The number of carbonyl (C=O) groups excluding carboxylic acids is 2. The molecule has 0 saturated carbocycles. The zero-order chi connectivity index (χ0) is 21.4. The lowest BCUT2D eigenvalue weighted by atomic mass is 9.78. The maximum absolute atomic E-state index is 13.9. The lowest BCUT2D eigenvalue weighted by molar-refractivity contribution is -0.133. The summed E-state index contributed by atoms with van der Waals surface area (Å²) in [6, 6.07) is 19.3. The van der Waals surface area contributed by atoms with Crippen LogP contribution in [0, 0.1) is 0 Å². The van der Waals surface area contributed by atoms with Crippen LogP contribution in [0.5, 0.6) is 0 Å². The summed E-state index contributed by atoms with van der Waals surface area (Å²) in [7, 11) is 0. The third kappa shape index (κ3) is 4.06. The molecule has 0 aliphatic carbocycles. The molecule has 154 valence electrons. The molecule has 2 atom stereocenters. The molecular weight excluding hydrogens is 380 g/mol. The Morgan fingerprint density at radius 3 is 1.93 bits per heavy atom. The minimum Gasteiger partial charge on any atom is -0.350 e. The smallest absolute Gasteiger partial charge is 0.244 e. The monoisotopic (exact) mass is 410 g/mol. The molecule has 29 heavy (non-hydrogen) atoms. The highest BCUT2D eigenvalue weighted by molar-refractivity contribution is 7.99. The van der Waals surface area contributed by atoms with Crippen LogP contribution in [0.2, 0.25) is 0 Å². The summed E-state index contributed by atoms with van der Waals surface area (Å²) in [5.41, 5.74) is 0.844. The van der Waals surface area contributed by atoms with Crippen LogP contribution in [0.15, 0.2) is 60.7 Å². The second-order valence-electron chi connectivity index (χ2n) is 9.54. The third-order valence-corrected chi connectivity index (χ3v) is 6.71. The van der Waals surface area contributed by atoms with Crippen molar-refractivity contribution in [3.05, 3.63) is 71.8 Å². The molecule has 1 aliphatic rings. The molecule has 5 heteroatoms. The van der Waals surface area contributed by atoms with Crippen LogP contribution in [-0.2, 0) is 14.3 Å². The lowest BCUT2D eigenvalue weighted by Crippen LogP contribution is -2.51. The summed E-state index contributed by atoms with van der Waals surface area (Å²) in [5.74, 6) is -0.797. The molecule has 1 N–H and O–H groups in total. The summed E-state index contributed by atoms with van der Waals surface area (Å²) >= 11 is 1.35. The first kappa shape index (κ1) is 21.4. The lowest BCUT2D eigenvalue weighted by Gasteiger charge is -2.36. The number of nitrogens with one attached hydrogen (secondary N) is 1. The van der Waals surface area contributed by atoms with Gasteiger partial charge in [-0.3, -0.25) is 13.9 Å². The number of benzene rings is 2.